The van der Waals surface area contributed by atoms with Gasteiger partial charge in [0, 0.05) is 18.8 Å². The Balaban J connectivity index is 1.89. The number of hydrogen-bond donors (Lipinski definition) is 1. The highest BCUT2D eigenvalue weighted by atomic mass is 16.4. The second kappa shape index (κ2) is 6.37. The van der Waals surface area contributed by atoms with E-state index < -0.39 is 5.97 Å². The van der Waals surface area contributed by atoms with Crippen molar-refractivity contribution in [1.82, 2.24) is 10.2 Å². The number of hydrogen-bond acceptors (Lipinski definition) is 4. The summed E-state index contributed by atoms with van der Waals surface area (Å²) in [6, 6.07) is 0. The fraction of sp³-hybridized carbons (Fsp3) is 0.800. The zero-order valence-electron chi connectivity index (χ0n) is 12.4. The van der Waals surface area contributed by atoms with Gasteiger partial charge in [-0.2, -0.15) is 0 Å². The van der Waals surface area contributed by atoms with Gasteiger partial charge in [-0.3, -0.25) is 4.79 Å². The van der Waals surface area contributed by atoms with Crippen LogP contribution >= 0.6 is 0 Å². The number of carboxylic acids is 1. The molecule has 1 fully saturated rings. The molecule has 0 aromatic carbocycles. The lowest BCUT2D eigenvalue weighted by Crippen LogP contribution is -2.26. The van der Waals surface area contributed by atoms with Gasteiger partial charge in [0.25, 0.3) is 0 Å². The van der Waals surface area contributed by atoms with E-state index in [0.29, 0.717) is 24.7 Å². The fourth-order valence-electron chi connectivity index (χ4n) is 3.01. The Morgan fingerprint density at radius 2 is 2.15 bits per heavy atom. The predicted octanol–water partition coefficient (Wildman–Crippen LogP) is 3.55. The van der Waals surface area contributed by atoms with Gasteiger partial charge in [-0.15, -0.1) is 10.2 Å². The maximum atomic E-state index is 10.4. The van der Waals surface area contributed by atoms with Crippen molar-refractivity contribution in [1.29, 1.82) is 0 Å². The average Bonchev–Trinajstić information content (AvgIpc) is 2.82. The van der Waals surface area contributed by atoms with Gasteiger partial charge in [0.05, 0.1) is 0 Å². The molecule has 1 heterocycles. The normalized spacial score (nSPS) is 21.8. The van der Waals surface area contributed by atoms with Crippen LogP contribution < -0.4 is 0 Å². The Morgan fingerprint density at radius 3 is 2.85 bits per heavy atom. The number of carbonyl (C=O) groups is 1. The van der Waals surface area contributed by atoms with E-state index >= 15 is 0 Å². The van der Waals surface area contributed by atoms with Crippen molar-refractivity contribution < 1.29 is 14.3 Å². The zero-order chi connectivity index (χ0) is 14.6. The van der Waals surface area contributed by atoms with E-state index in [1.54, 1.807) is 0 Å². The highest BCUT2D eigenvalue weighted by molar-refractivity contribution is 5.66. The molecule has 0 radical (unpaired) electrons. The van der Waals surface area contributed by atoms with Crippen molar-refractivity contribution in [2.75, 3.05) is 0 Å². The fourth-order valence-corrected chi connectivity index (χ4v) is 3.01. The van der Waals surface area contributed by atoms with Gasteiger partial charge in [-0.1, -0.05) is 26.7 Å². The molecule has 5 heteroatoms. The molecule has 1 N–H and O–H groups in total. The van der Waals surface area contributed by atoms with Gasteiger partial charge in [0.1, 0.15) is 0 Å². The summed E-state index contributed by atoms with van der Waals surface area (Å²) in [5.41, 5.74) is 0.228. The van der Waals surface area contributed by atoms with Crippen molar-refractivity contribution in [3.63, 3.8) is 0 Å². The van der Waals surface area contributed by atoms with Crippen LogP contribution in [0, 0.1) is 5.41 Å². The highest BCUT2D eigenvalue weighted by Crippen LogP contribution is 2.46. The molecule has 1 aromatic rings. The Labute approximate surface area is 119 Å². The van der Waals surface area contributed by atoms with Crippen LogP contribution in [-0.4, -0.2) is 21.3 Å². The minimum Gasteiger partial charge on any atom is -0.481 e. The van der Waals surface area contributed by atoms with Crippen LogP contribution in [0.5, 0.6) is 0 Å². The molecule has 2 rings (SSSR count). The largest absolute Gasteiger partial charge is 0.481 e. The molecule has 0 bridgehead atoms. The molecule has 20 heavy (non-hydrogen) atoms. The van der Waals surface area contributed by atoms with E-state index in [2.05, 4.69) is 24.0 Å². The second-order valence-corrected chi connectivity index (χ2v) is 6.42. The number of rotatable bonds is 6. The maximum Gasteiger partial charge on any atom is 0.303 e. The SMILES string of the molecule is CC1(C)CCCCC1c1nnc(CCCCC(=O)O)o1. The third kappa shape index (κ3) is 3.81. The van der Waals surface area contributed by atoms with Crippen molar-refractivity contribution >= 4 is 5.97 Å². The van der Waals surface area contributed by atoms with Crippen LogP contribution in [0.4, 0.5) is 0 Å². The molecule has 0 spiro atoms. The number of aromatic nitrogens is 2. The minimum absolute atomic E-state index is 0.205. The van der Waals surface area contributed by atoms with Crippen molar-refractivity contribution in [3.05, 3.63) is 11.8 Å². The summed E-state index contributed by atoms with van der Waals surface area (Å²) >= 11 is 0. The quantitative estimate of drug-likeness (QED) is 0.806. The summed E-state index contributed by atoms with van der Waals surface area (Å²) in [6.45, 7) is 4.54. The molecule has 1 unspecified atom stereocenters. The molecule has 1 atom stereocenters. The molecule has 1 aromatic heterocycles. The third-order valence-corrected chi connectivity index (χ3v) is 4.32. The van der Waals surface area contributed by atoms with Crippen LogP contribution in [0.1, 0.15) is 76.5 Å². The van der Waals surface area contributed by atoms with E-state index in [1.807, 2.05) is 0 Å². The van der Waals surface area contributed by atoms with Gasteiger partial charge in [-0.25, -0.2) is 0 Å². The van der Waals surface area contributed by atoms with Gasteiger partial charge < -0.3 is 9.52 Å². The summed E-state index contributed by atoms with van der Waals surface area (Å²) in [7, 11) is 0. The standard InChI is InChI=1S/C15H24N2O3/c1-15(2)10-6-5-7-11(15)14-17-16-12(20-14)8-3-4-9-13(18)19/h11H,3-10H2,1-2H3,(H,18,19). The molecule has 0 saturated heterocycles. The minimum atomic E-state index is -0.750. The first-order chi connectivity index (χ1) is 9.49. The molecule has 0 amide bonds. The monoisotopic (exact) mass is 280 g/mol. The lowest BCUT2D eigenvalue weighted by molar-refractivity contribution is -0.137. The Hall–Kier alpha value is -1.39. The van der Waals surface area contributed by atoms with E-state index in [1.165, 1.54) is 19.3 Å². The Bertz CT molecular complexity index is 454. The van der Waals surface area contributed by atoms with Gasteiger partial charge in [0.15, 0.2) is 0 Å². The average molecular weight is 280 g/mol. The summed E-state index contributed by atoms with van der Waals surface area (Å²) < 4.78 is 5.80. The summed E-state index contributed by atoms with van der Waals surface area (Å²) in [6.07, 6.45) is 7.14. The number of carboxylic acid groups (broad SMARTS) is 1. The summed E-state index contributed by atoms with van der Waals surface area (Å²) in [5, 5.41) is 16.9. The predicted molar refractivity (Wildman–Crippen MR) is 74.5 cm³/mol. The molecule has 0 aliphatic heterocycles. The number of unbranched alkanes of at least 4 members (excludes halogenated alkanes) is 1. The topological polar surface area (TPSA) is 76.2 Å². The first kappa shape index (κ1) is 15.0. The third-order valence-electron chi connectivity index (χ3n) is 4.32. The van der Waals surface area contributed by atoms with Crippen LogP contribution in [0.25, 0.3) is 0 Å². The van der Waals surface area contributed by atoms with E-state index in [4.69, 9.17) is 9.52 Å². The Kier molecular flexibility index (Phi) is 4.78. The maximum absolute atomic E-state index is 10.4. The highest BCUT2D eigenvalue weighted by Gasteiger charge is 2.36. The molecule has 1 aliphatic carbocycles. The summed E-state index contributed by atoms with van der Waals surface area (Å²) in [5.74, 6) is 1.02. The van der Waals surface area contributed by atoms with Gasteiger partial charge in [-0.05, 0) is 31.1 Å². The molecule has 1 saturated carbocycles. The van der Waals surface area contributed by atoms with Crippen LogP contribution in [0.15, 0.2) is 4.42 Å². The zero-order valence-corrected chi connectivity index (χ0v) is 12.4. The van der Waals surface area contributed by atoms with Crippen molar-refractivity contribution in [2.45, 2.75) is 71.1 Å². The molecule has 1 aliphatic rings. The van der Waals surface area contributed by atoms with Crippen LogP contribution in [0.3, 0.4) is 0 Å². The lowest BCUT2D eigenvalue weighted by Gasteiger charge is -2.36. The molecular formula is C15H24N2O3. The van der Waals surface area contributed by atoms with Crippen molar-refractivity contribution in [2.24, 2.45) is 5.41 Å². The smallest absolute Gasteiger partial charge is 0.303 e. The van der Waals surface area contributed by atoms with Crippen LogP contribution in [-0.2, 0) is 11.2 Å². The van der Waals surface area contributed by atoms with E-state index in [-0.39, 0.29) is 11.8 Å². The number of aliphatic carboxylic acids is 1. The van der Waals surface area contributed by atoms with Gasteiger partial charge >= 0.3 is 5.97 Å². The lowest BCUT2D eigenvalue weighted by atomic mass is 9.69. The number of nitrogens with zero attached hydrogens (tertiary/aromatic N) is 2. The van der Waals surface area contributed by atoms with Crippen molar-refractivity contribution in [3.8, 4) is 0 Å². The first-order valence-corrected chi connectivity index (χ1v) is 7.53. The van der Waals surface area contributed by atoms with Gasteiger partial charge in [0.2, 0.25) is 11.8 Å². The number of aryl methyl sites for hydroxylation is 1. The summed E-state index contributed by atoms with van der Waals surface area (Å²) in [4.78, 5) is 10.4. The Morgan fingerprint density at radius 1 is 1.35 bits per heavy atom. The molecule has 5 nitrogen and oxygen atoms in total. The van der Waals surface area contributed by atoms with E-state index in [9.17, 15) is 4.79 Å². The molecule has 112 valence electrons. The second-order valence-electron chi connectivity index (χ2n) is 6.42. The van der Waals surface area contributed by atoms with E-state index in [0.717, 1.165) is 18.7 Å². The molecular weight excluding hydrogens is 256 g/mol. The van der Waals surface area contributed by atoms with Crippen LogP contribution in [0.2, 0.25) is 0 Å². The first-order valence-electron chi connectivity index (χ1n) is 7.53.